The highest BCUT2D eigenvalue weighted by Gasteiger charge is 2.29. The van der Waals surface area contributed by atoms with Gasteiger partial charge in [-0.05, 0) is 69.7 Å². The van der Waals surface area contributed by atoms with Gasteiger partial charge in [-0.2, -0.15) is 0 Å². The summed E-state index contributed by atoms with van der Waals surface area (Å²) in [6.07, 6.45) is 1.04. The number of carbonyl (C=O) groups excluding carboxylic acids is 2. The van der Waals surface area contributed by atoms with Crippen LogP contribution in [0.2, 0.25) is 0 Å². The van der Waals surface area contributed by atoms with E-state index in [-0.39, 0.29) is 6.61 Å². The number of nitrogens with zero attached hydrogens (tertiary/aromatic N) is 1. The minimum absolute atomic E-state index is 0.233. The molecule has 0 aromatic heterocycles. The molecule has 0 aliphatic carbocycles. The van der Waals surface area contributed by atoms with Gasteiger partial charge in [0.15, 0.2) is 0 Å². The molecule has 0 fully saturated rings. The largest absolute Gasteiger partial charge is 0.494 e. The molecule has 9 heteroatoms. The fourth-order valence-corrected chi connectivity index (χ4v) is 4.28. The van der Waals surface area contributed by atoms with Crippen LogP contribution in [0.4, 0.5) is 11.4 Å². The summed E-state index contributed by atoms with van der Waals surface area (Å²) < 4.78 is 36.4. The topological polar surface area (TPSA) is 102 Å². The summed E-state index contributed by atoms with van der Waals surface area (Å²) in [5.41, 5.74) is 1.61. The summed E-state index contributed by atoms with van der Waals surface area (Å²) in [7, 11) is -3.76. The van der Waals surface area contributed by atoms with Crippen LogP contribution in [0.3, 0.4) is 0 Å². The van der Waals surface area contributed by atoms with E-state index in [1.807, 2.05) is 6.92 Å². The fraction of sp³-hybridized carbons (Fsp3) is 0.364. The summed E-state index contributed by atoms with van der Waals surface area (Å²) in [4.78, 5) is 25.0. The first kappa shape index (κ1) is 24.2. The first-order chi connectivity index (χ1) is 14.6. The molecule has 1 atom stereocenters. The van der Waals surface area contributed by atoms with Crippen molar-refractivity contribution in [2.45, 2.75) is 33.7 Å². The van der Waals surface area contributed by atoms with Crippen LogP contribution in [-0.4, -0.2) is 45.8 Å². The Morgan fingerprint density at radius 1 is 1.06 bits per heavy atom. The summed E-state index contributed by atoms with van der Waals surface area (Å²) in [6.45, 7) is 7.46. The van der Waals surface area contributed by atoms with Crippen LogP contribution in [0.15, 0.2) is 42.5 Å². The molecule has 2 rings (SSSR count). The Bertz CT molecular complexity index is 1030. The lowest BCUT2D eigenvalue weighted by atomic mass is 10.1. The van der Waals surface area contributed by atoms with Crippen molar-refractivity contribution in [1.82, 2.24) is 0 Å². The lowest BCUT2D eigenvalue weighted by Crippen LogP contribution is -2.45. The predicted octanol–water partition coefficient (Wildman–Crippen LogP) is 3.36. The number of ether oxygens (including phenoxy) is 2. The van der Waals surface area contributed by atoms with Gasteiger partial charge in [0.2, 0.25) is 15.9 Å². The SMILES string of the molecule is CCOC(=O)c1cccc(NC(=O)[C@H](C)N(c2ccc(OCC)cc2)S(C)(=O)=O)c1C. The standard InChI is InChI=1S/C22H28N2O6S/c1-6-29-18-13-11-17(12-14-18)24(31(5,27)28)16(4)21(25)23-20-10-8-9-19(15(20)3)22(26)30-7-2/h8-14,16H,6-7H2,1-5H3,(H,23,25)/t16-/m0/s1. The molecular formula is C22H28N2O6S. The molecule has 31 heavy (non-hydrogen) atoms. The molecule has 8 nitrogen and oxygen atoms in total. The number of sulfonamides is 1. The Labute approximate surface area is 183 Å². The molecule has 168 valence electrons. The van der Waals surface area contributed by atoms with Gasteiger partial charge in [-0.1, -0.05) is 6.07 Å². The monoisotopic (exact) mass is 448 g/mol. The van der Waals surface area contributed by atoms with Crippen LogP contribution >= 0.6 is 0 Å². The van der Waals surface area contributed by atoms with Crippen molar-refractivity contribution in [3.8, 4) is 5.75 Å². The zero-order valence-corrected chi connectivity index (χ0v) is 19.2. The number of carbonyl (C=O) groups is 2. The average Bonchev–Trinajstić information content (AvgIpc) is 2.70. The highest BCUT2D eigenvalue weighted by atomic mass is 32.2. The Kier molecular flexibility index (Phi) is 8.04. The Hall–Kier alpha value is -3.07. The zero-order valence-electron chi connectivity index (χ0n) is 18.3. The van der Waals surface area contributed by atoms with Gasteiger partial charge in [-0.3, -0.25) is 9.10 Å². The maximum atomic E-state index is 12.9. The molecule has 2 aromatic carbocycles. The van der Waals surface area contributed by atoms with Crippen LogP contribution in [0, 0.1) is 6.92 Å². The van der Waals surface area contributed by atoms with Crippen molar-refractivity contribution in [3.63, 3.8) is 0 Å². The molecule has 2 aromatic rings. The number of hydrogen-bond acceptors (Lipinski definition) is 6. The van der Waals surface area contributed by atoms with Gasteiger partial charge in [0.05, 0.1) is 30.7 Å². The molecular weight excluding hydrogens is 420 g/mol. The summed E-state index contributed by atoms with van der Waals surface area (Å²) in [6, 6.07) is 10.3. The van der Waals surface area contributed by atoms with E-state index in [0.29, 0.717) is 34.9 Å². The third kappa shape index (κ3) is 5.97. The first-order valence-electron chi connectivity index (χ1n) is 9.90. The number of amides is 1. The van der Waals surface area contributed by atoms with Crippen molar-refractivity contribution >= 4 is 33.3 Å². The van der Waals surface area contributed by atoms with E-state index in [1.54, 1.807) is 56.3 Å². The summed E-state index contributed by atoms with van der Waals surface area (Å²) in [5, 5.41) is 2.72. The average molecular weight is 449 g/mol. The lowest BCUT2D eigenvalue weighted by molar-refractivity contribution is -0.116. The van der Waals surface area contributed by atoms with Gasteiger partial charge >= 0.3 is 5.97 Å². The molecule has 0 radical (unpaired) electrons. The maximum Gasteiger partial charge on any atom is 0.338 e. The van der Waals surface area contributed by atoms with Crippen molar-refractivity contribution in [2.75, 3.05) is 29.1 Å². The normalized spacial score (nSPS) is 12.0. The van der Waals surface area contributed by atoms with Gasteiger partial charge in [-0.25, -0.2) is 13.2 Å². The van der Waals surface area contributed by atoms with E-state index >= 15 is 0 Å². The van der Waals surface area contributed by atoms with E-state index in [2.05, 4.69) is 5.32 Å². The molecule has 0 aliphatic rings. The van der Waals surface area contributed by atoms with Crippen molar-refractivity contribution in [2.24, 2.45) is 0 Å². The molecule has 1 amide bonds. The van der Waals surface area contributed by atoms with Gasteiger partial charge in [0.25, 0.3) is 0 Å². The first-order valence-corrected chi connectivity index (χ1v) is 11.7. The Morgan fingerprint density at radius 3 is 2.26 bits per heavy atom. The summed E-state index contributed by atoms with van der Waals surface area (Å²) in [5.74, 6) is -0.428. The second-order valence-electron chi connectivity index (χ2n) is 6.85. The smallest absolute Gasteiger partial charge is 0.338 e. The van der Waals surface area contributed by atoms with Gasteiger partial charge in [-0.15, -0.1) is 0 Å². The van der Waals surface area contributed by atoms with Gasteiger partial charge in [0.1, 0.15) is 11.8 Å². The summed E-state index contributed by atoms with van der Waals surface area (Å²) >= 11 is 0. The van der Waals surface area contributed by atoms with Crippen LogP contribution in [0.25, 0.3) is 0 Å². The van der Waals surface area contributed by atoms with E-state index in [9.17, 15) is 18.0 Å². The Balaban J connectivity index is 2.30. The van der Waals surface area contributed by atoms with Crippen LogP contribution in [-0.2, 0) is 19.6 Å². The number of rotatable bonds is 9. The molecule has 0 heterocycles. The minimum Gasteiger partial charge on any atom is -0.494 e. The third-order valence-corrected chi connectivity index (χ3v) is 5.82. The van der Waals surface area contributed by atoms with E-state index in [1.165, 1.54) is 6.92 Å². The molecule has 0 saturated heterocycles. The highest BCUT2D eigenvalue weighted by Crippen LogP contribution is 2.25. The number of anilines is 2. The van der Waals surface area contributed by atoms with Crippen LogP contribution in [0.5, 0.6) is 5.75 Å². The zero-order chi connectivity index (χ0) is 23.2. The highest BCUT2D eigenvalue weighted by molar-refractivity contribution is 7.92. The van der Waals surface area contributed by atoms with Crippen LogP contribution in [0.1, 0.15) is 36.7 Å². The predicted molar refractivity (Wildman–Crippen MR) is 120 cm³/mol. The quantitative estimate of drug-likeness (QED) is 0.590. The molecule has 1 N–H and O–H groups in total. The lowest BCUT2D eigenvalue weighted by Gasteiger charge is -2.28. The second-order valence-corrected chi connectivity index (χ2v) is 8.71. The third-order valence-electron chi connectivity index (χ3n) is 4.58. The number of hydrogen-bond donors (Lipinski definition) is 1. The number of nitrogens with one attached hydrogen (secondary N) is 1. The van der Waals surface area contributed by atoms with E-state index in [4.69, 9.17) is 9.47 Å². The molecule has 0 saturated carbocycles. The molecule has 0 bridgehead atoms. The number of benzene rings is 2. The second kappa shape index (κ2) is 10.3. The van der Waals surface area contributed by atoms with Crippen LogP contribution < -0.4 is 14.4 Å². The van der Waals surface area contributed by atoms with Crippen molar-refractivity contribution < 1.29 is 27.5 Å². The van der Waals surface area contributed by atoms with Crippen molar-refractivity contribution in [1.29, 1.82) is 0 Å². The molecule has 0 spiro atoms. The van der Waals surface area contributed by atoms with E-state index < -0.39 is 27.9 Å². The Morgan fingerprint density at radius 2 is 1.71 bits per heavy atom. The van der Waals surface area contributed by atoms with Gasteiger partial charge < -0.3 is 14.8 Å². The van der Waals surface area contributed by atoms with Gasteiger partial charge in [0, 0.05) is 5.69 Å². The van der Waals surface area contributed by atoms with E-state index in [0.717, 1.165) is 10.6 Å². The molecule has 0 unspecified atom stereocenters. The van der Waals surface area contributed by atoms with Crippen molar-refractivity contribution in [3.05, 3.63) is 53.6 Å². The fourth-order valence-electron chi connectivity index (χ4n) is 3.10. The maximum absolute atomic E-state index is 12.9. The minimum atomic E-state index is -3.76. The molecule has 0 aliphatic heterocycles. The number of esters is 1.